The van der Waals surface area contributed by atoms with Crippen molar-refractivity contribution in [3.8, 4) is 17.2 Å². The van der Waals surface area contributed by atoms with Gasteiger partial charge in [0, 0.05) is 6.07 Å². The van der Waals surface area contributed by atoms with Gasteiger partial charge < -0.3 is 13.9 Å². The third-order valence-corrected chi connectivity index (χ3v) is 7.03. The summed E-state index contributed by atoms with van der Waals surface area (Å²) in [5, 5.41) is 0.268. The van der Waals surface area contributed by atoms with Crippen molar-refractivity contribution in [3.05, 3.63) is 130 Å². The van der Waals surface area contributed by atoms with Crippen LogP contribution in [0.25, 0.3) is 11.0 Å². The standard InChI is InChI=1S/C34H25NO7/c1-34(2,3)21-10-14-23(15-11-21)41-29-19-40-28-18-24(16-17-27(28)30(29)36)42-33(39)20-8-12-22(13-9-20)35-31(37)25-6-4-5-7-26(25)32(35)38/h4-19H,1-3H3. The first-order valence-corrected chi connectivity index (χ1v) is 13.2. The Labute approximate surface area is 240 Å². The second-order valence-electron chi connectivity index (χ2n) is 10.9. The summed E-state index contributed by atoms with van der Waals surface area (Å²) in [6.45, 7) is 6.34. The molecule has 8 heteroatoms. The first kappa shape index (κ1) is 26.7. The summed E-state index contributed by atoms with van der Waals surface area (Å²) in [5.74, 6) is -0.787. The maximum atomic E-state index is 13.0. The summed E-state index contributed by atoms with van der Waals surface area (Å²) in [6, 6.07) is 24.5. The fourth-order valence-corrected chi connectivity index (χ4v) is 4.71. The maximum Gasteiger partial charge on any atom is 0.343 e. The Morgan fingerprint density at radius 1 is 0.762 bits per heavy atom. The maximum absolute atomic E-state index is 13.0. The minimum atomic E-state index is -0.663. The van der Waals surface area contributed by atoms with Crippen molar-refractivity contribution in [1.29, 1.82) is 0 Å². The predicted molar refractivity (Wildman–Crippen MR) is 157 cm³/mol. The van der Waals surface area contributed by atoms with Gasteiger partial charge in [-0.1, -0.05) is 45.0 Å². The minimum Gasteiger partial charge on any atom is -0.460 e. The minimum absolute atomic E-state index is 0.00709. The summed E-state index contributed by atoms with van der Waals surface area (Å²) in [4.78, 5) is 52.4. The molecule has 0 spiro atoms. The number of anilines is 1. The highest BCUT2D eigenvalue weighted by molar-refractivity contribution is 6.34. The van der Waals surface area contributed by atoms with Gasteiger partial charge in [0.2, 0.25) is 11.2 Å². The fraction of sp³-hybridized carbons (Fsp3) is 0.118. The number of rotatable bonds is 5. The molecule has 0 radical (unpaired) electrons. The SMILES string of the molecule is CC(C)(C)c1ccc(Oc2coc3cc(OC(=O)c4ccc(N5C(=O)c6ccccc6C5=O)cc4)ccc3c2=O)cc1. The molecular weight excluding hydrogens is 534 g/mol. The van der Waals surface area contributed by atoms with E-state index in [1.807, 2.05) is 12.1 Å². The van der Waals surface area contributed by atoms with Gasteiger partial charge in [-0.2, -0.15) is 0 Å². The number of esters is 1. The van der Waals surface area contributed by atoms with E-state index in [2.05, 4.69) is 20.8 Å². The van der Waals surface area contributed by atoms with Gasteiger partial charge in [-0.25, -0.2) is 9.69 Å². The van der Waals surface area contributed by atoms with Gasteiger partial charge >= 0.3 is 5.97 Å². The normalized spacial score (nSPS) is 12.9. The second-order valence-corrected chi connectivity index (χ2v) is 10.9. The zero-order chi connectivity index (χ0) is 29.6. The number of ether oxygens (including phenoxy) is 2. The van der Waals surface area contributed by atoms with Crippen molar-refractivity contribution in [1.82, 2.24) is 0 Å². The van der Waals surface area contributed by atoms with Crippen LogP contribution in [0.2, 0.25) is 0 Å². The molecule has 2 amide bonds. The lowest BCUT2D eigenvalue weighted by molar-refractivity contribution is 0.0734. The monoisotopic (exact) mass is 559 g/mol. The van der Waals surface area contributed by atoms with Crippen LogP contribution >= 0.6 is 0 Å². The Morgan fingerprint density at radius 3 is 2.00 bits per heavy atom. The third-order valence-electron chi connectivity index (χ3n) is 7.03. The summed E-state index contributed by atoms with van der Waals surface area (Å²) in [6.07, 6.45) is 1.23. The molecule has 0 saturated heterocycles. The Morgan fingerprint density at radius 2 is 1.38 bits per heavy atom. The number of fused-ring (bicyclic) bond motifs is 2. The molecule has 6 rings (SSSR count). The molecule has 1 aliphatic rings. The van der Waals surface area contributed by atoms with E-state index in [0.717, 1.165) is 10.5 Å². The molecule has 0 bridgehead atoms. The Balaban J connectivity index is 1.16. The largest absolute Gasteiger partial charge is 0.460 e. The van der Waals surface area contributed by atoms with Gasteiger partial charge in [0.1, 0.15) is 23.3 Å². The van der Waals surface area contributed by atoms with Crippen LogP contribution in [0, 0.1) is 0 Å². The van der Waals surface area contributed by atoms with Gasteiger partial charge in [-0.05, 0) is 71.6 Å². The van der Waals surface area contributed by atoms with Crippen molar-refractivity contribution in [2.75, 3.05) is 4.90 Å². The molecule has 1 aromatic heterocycles. The number of amides is 2. The summed E-state index contributed by atoms with van der Waals surface area (Å²) >= 11 is 0. The van der Waals surface area contributed by atoms with Gasteiger partial charge in [0.05, 0.1) is 27.8 Å². The highest BCUT2D eigenvalue weighted by Crippen LogP contribution is 2.30. The number of nitrogens with zero attached hydrogens (tertiary/aromatic N) is 1. The van der Waals surface area contributed by atoms with Crippen LogP contribution < -0.4 is 19.8 Å². The van der Waals surface area contributed by atoms with E-state index in [-0.39, 0.29) is 38.9 Å². The summed E-state index contributed by atoms with van der Waals surface area (Å²) in [7, 11) is 0. The number of carbonyl (C=O) groups is 3. The van der Waals surface area contributed by atoms with Gasteiger partial charge in [0.15, 0.2) is 0 Å². The lowest BCUT2D eigenvalue weighted by Crippen LogP contribution is -2.29. The van der Waals surface area contributed by atoms with E-state index in [0.29, 0.717) is 22.6 Å². The summed E-state index contributed by atoms with van der Waals surface area (Å²) < 4.78 is 16.9. The Hall–Kier alpha value is -5.50. The lowest BCUT2D eigenvalue weighted by Gasteiger charge is -2.19. The van der Waals surface area contributed by atoms with Crippen molar-refractivity contribution in [2.45, 2.75) is 26.2 Å². The Kier molecular flexibility index (Phi) is 6.46. The predicted octanol–water partition coefficient (Wildman–Crippen LogP) is 6.90. The van der Waals surface area contributed by atoms with Crippen LogP contribution in [-0.4, -0.2) is 17.8 Å². The molecule has 0 fully saturated rings. The molecule has 1 aliphatic heterocycles. The number of hydrogen-bond acceptors (Lipinski definition) is 7. The van der Waals surface area contributed by atoms with E-state index in [1.54, 1.807) is 36.4 Å². The van der Waals surface area contributed by atoms with Gasteiger partial charge in [-0.3, -0.25) is 14.4 Å². The Bertz CT molecular complexity index is 1900. The van der Waals surface area contributed by atoms with Gasteiger partial charge in [0.25, 0.3) is 11.8 Å². The van der Waals surface area contributed by atoms with E-state index in [9.17, 15) is 19.2 Å². The van der Waals surface area contributed by atoms with Crippen molar-refractivity contribution in [3.63, 3.8) is 0 Å². The molecule has 208 valence electrons. The van der Waals surface area contributed by atoms with Gasteiger partial charge in [-0.15, -0.1) is 0 Å². The molecule has 8 nitrogen and oxygen atoms in total. The summed E-state index contributed by atoms with van der Waals surface area (Å²) in [5.41, 5.74) is 2.21. The molecule has 0 atom stereocenters. The molecule has 0 unspecified atom stereocenters. The highest BCUT2D eigenvalue weighted by atomic mass is 16.5. The first-order valence-electron chi connectivity index (χ1n) is 13.2. The van der Waals surface area contributed by atoms with Crippen LogP contribution in [0.3, 0.4) is 0 Å². The van der Waals surface area contributed by atoms with Crippen molar-refractivity contribution >= 4 is 34.4 Å². The number of benzene rings is 4. The zero-order valence-corrected chi connectivity index (χ0v) is 23.0. The quantitative estimate of drug-likeness (QED) is 0.131. The molecule has 2 heterocycles. The third kappa shape index (κ3) is 4.83. The first-order chi connectivity index (χ1) is 20.1. The zero-order valence-electron chi connectivity index (χ0n) is 23.0. The van der Waals surface area contributed by atoms with Crippen LogP contribution in [0.4, 0.5) is 5.69 Å². The van der Waals surface area contributed by atoms with Crippen molar-refractivity contribution in [2.24, 2.45) is 0 Å². The van der Waals surface area contributed by atoms with E-state index in [1.165, 1.54) is 48.7 Å². The molecule has 42 heavy (non-hydrogen) atoms. The molecule has 0 aliphatic carbocycles. The highest BCUT2D eigenvalue weighted by Gasteiger charge is 2.36. The second kappa shape index (κ2) is 10.2. The topological polar surface area (TPSA) is 103 Å². The van der Waals surface area contributed by atoms with Crippen LogP contribution in [0.1, 0.15) is 57.4 Å². The average molecular weight is 560 g/mol. The van der Waals surface area contributed by atoms with Crippen LogP contribution in [0.15, 0.2) is 106 Å². The molecule has 0 saturated carbocycles. The fourth-order valence-electron chi connectivity index (χ4n) is 4.71. The average Bonchev–Trinajstić information content (AvgIpc) is 3.24. The molecule has 4 aromatic carbocycles. The van der Waals surface area contributed by atoms with Crippen LogP contribution in [0.5, 0.6) is 17.2 Å². The molecular formula is C34H25NO7. The number of imide groups is 1. The number of carbonyl (C=O) groups excluding carboxylic acids is 3. The number of hydrogen-bond donors (Lipinski definition) is 0. The van der Waals surface area contributed by atoms with E-state index in [4.69, 9.17) is 13.9 Å². The molecule has 0 N–H and O–H groups in total. The lowest BCUT2D eigenvalue weighted by atomic mass is 9.87. The van der Waals surface area contributed by atoms with E-state index < -0.39 is 17.8 Å². The van der Waals surface area contributed by atoms with Crippen LogP contribution in [-0.2, 0) is 5.41 Å². The molecule has 5 aromatic rings. The smallest absolute Gasteiger partial charge is 0.343 e. The van der Waals surface area contributed by atoms with Crippen molar-refractivity contribution < 1.29 is 28.3 Å². The van der Waals surface area contributed by atoms with E-state index >= 15 is 0 Å².